The zero-order valence-electron chi connectivity index (χ0n) is 15.0. The van der Waals surface area contributed by atoms with Gasteiger partial charge in [0.25, 0.3) is 11.8 Å². The van der Waals surface area contributed by atoms with Crippen LogP contribution in [-0.2, 0) is 0 Å². The lowest BCUT2D eigenvalue weighted by molar-refractivity contribution is 0.0953. The van der Waals surface area contributed by atoms with Gasteiger partial charge in [0.2, 0.25) is 0 Å². The summed E-state index contributed by atoms with van der Waals surface area (Å²) in [6, 6.07) is 6.97. The highest BCUT2D eigenvalue weighted by molar-refractivity contribution is 6.05. The lowest BCUT2D eigenvalue weighted by Crippen LogP contribution is -2.25. The summed E-state index contributed by atoms with van der Waals surface area (Å²) >= 11 is 0. The Hall–Kier alpha value is -3.02. The van der Waals surface area contributed by atoms with E-state index in [2.05, 4.69) is 21.7 Å². The van der Waals surface area contributed by atoms with Crippen LogP contribution in [0.15, 0.2) is 54.4 Å². The average Bonchev–Trinajstić information content (AvgIpc) is 2.70. The van der Waals surface area contributed by atoms with Crippen molar-refractivity contribution in [2.24, 2.45) is 0 Å². The van der Waals surface area contributed by atoms with Crippen LogP contribution in [-0.4, -0.2) is 23.3 Å². The van der Waals surface area contributed by atoms with Gasteiger partial charge in [0.05, 0.1) is 11.1 Å². The predicted octanol–water partition coefficient (Wildman–Crippen LogP) is 4.09. The lowest BCUT2D eigenvalue weighted by Gasteiger charge is -2.13. The molecule has 1 aliphatic carbocycles. The Balaban J connectivity index is 1.57. The second kappa shape index (κ2) is 9.07. The number of hydrogen-bond donors (Lipinski definition) is 2. The van der Waals surface area contributed by atoms with Crippen LogP contribution in [0, 0.1) is 5.82 Å². The fourth-order valence-electron chi connectivity index (χ4n) is 3.00. The molecule has 0 fully saturated rings. The fourth-order valence-corrected chi connectivity index (χ4v) is 3.00. The standard InChI is InChI=1S/C21H22FN3O2/c22-18-6-8-19(9-7-18)25-21(27)17-12-16(13-23-14-17)20(26)24-11-10-15-4-2-1-3-5-15/h4,6-9,12-14H,1-3,5,10-11H2,(H,24,26)(H,25,27). The van der Waals surface area contributed by atoms with E-state index in [-0.39, 0.29) is 17.3 Å². The maximum absolute atomic E-state index is 12.9. The van der Waals surface area contributed by atoms with Crippen LogP contribution in [0.25, 0.3) is 0 Å². The summed E-state index contributed by atoms with van der Waals surface area (Å²) in [5, 5.41) is 5.53. The van der Waals surface area contributed by atoms with Crippen LogP contribution in [0.2, 0.25) is 0 Å². The SMILES string of the molecule is O=C(NCCC1=CCCCC1)c1cncc(C(=O)Nc2ccc(F)cc2)c1. The number of benzene rings is 1. The summed E-state index contributed by atoms with van der Waals surface area (Å²) in [4.78, 5) is 28.6. The molecule has 5 nitrogen and oxygen atoms in total. The first-order valence-corrected chi connectivity index (χ1v) is 9.10. The van der Waals surface area contributed by atoms with Gasteiger partial charge in [-0.2, -0.15) is 0 Å². The largest absolute Gasteiger partial charge is 0.352 e. The quantitative estimate of drug-likeness (QED) is 0.756. The minimum Gasteiger partial charge on any atom is -0.352 e. The minimum absolute atomic E-state index is 0.254. The van der Waals surface area contributed by atoms with Crippen molar-refractivity contribution in [2.45, 2.75) is 32.1 Å². The number of hydrogen-bond acceptors (Lipinski definition) is 3. The maximum atomic E-state index is 12.9. The second-order valence-corrected chi connectivity index (χ2v) is 6.54. The lowest BCUT2D eigenvalue weighted by atomic mass is 9.97. The van der Waals surface area contributed by atoms with E-state index in [0.29, 0.717) is 17.8 Å². The van der Waals surface area contributed by atoms with E-state index in [1.807, 2.05) is 0 Å². The molecule has 140 valence electrons. The van der Waals surface area contributed by atoms with E-state index in [9.17, 15) is 14.0 Å². The number of nitrogens with one attached hydrogen (secondary N) is 2. The summed E-state index contributed by atoms with van der Waals surface area (Å²) in [6.07, 6.45) is 10.6. The van der Waals surface area contributed by atoms with Gasteiger partial charge in [-0.1, -0.05) is 11.6 Å². The third-order valence-electron chi connectivity index (χ3n) is 4.48. The molecular weight excluding hydrogens is 345 g/mol. The molecule has 0 radical (unpaired) electrons. The molecule has 6 heteroatoms. The first-order valence-electron chi connectivity index (χ1n) is 9.10. The molecule has 2 aromatic rings. The molecule has 0 saturated heterocycles. The van der Waals surface area contributed by atoms with Crippen molar-refractivity contribution in [3.63, 3.8) is 0 Å². The van der Waals surface area contributed by atoms with Crippen LogP contribution < -0.4 is 10.6 Å². The fraction of sp³-hybridized carbons (Fsp3) is 0.286. The van der Waals surface area contributed by atoms with Gasteiger partial charge in [-0.15, -0.1) is 0 Å². The first kappa shape index (κ1) is 18.8. The van der Waals surface area contributed by atoms with Crippen LogP contribution in [0.4, 0.5) is 10.1 Å². The van der Waals surface area contributed by atoms with Crippen molar-refractivity contribution >= 4 is 17.5 Å². The molecule has 1 aliphatic rings. The molecule has 3 rings (SSSR count). The number of nitrogens with zero attached hydrogens (tertiary/aromatic N) is 1. The molecule has 0 saturated carbocycles. The number of carbonyl (C=O) groups excluding carboxylic acids is 2. The summed E-state index contributed by atoms with van der Waals surface area (Å²) < 4.78 is 12.9. The van der Waals surface area contributed by atoms with Crippen LogP contribution in [0.5, 0.6) is 0 Å². The molecular formula is C21H22FN3O2. The highest BCUT2D eigenvalue weighted by Crippen LogP contribution is 2.19. The molecule has 1 aromatic heterocycles. The number of anilines is 1. The number of allylic oxidation sites excluding steroid dienone is 1. The van der Waals surface area contributed by atoms with E-state index in [0.717, 1.165) is 19.3 Å². The molecule has 1 heterocycles. The van der Waals surface area contributed by atoms with E-state index in [4.69, 9.17) is 0 Å². The average molecular weight is 367 g/mol. The van der Waals surface area contributed by atoms with Crippen molar-refractivity contribution in [3.8, 4) is 0 Å². The van der Waals surface area contributed by atoms with Gasteiger partial charge in [0, 0.05) is 24.6 Å². The van der Waals surface area contributed by atoms with Gasteiger partial charge in [-0.3, -0.25) is 14.6 Å². The summed E-state index contributed by atoms with van der Waals surface area (Å²) in [5.74, 6) is -1.04. The molecule has 27 heavy (non-hydrogen) atoms. The molecule has 0 spiro atoms. The number of carbonyl (C=O) groups is 2. The topological polar surface area (TPSA) is 71.1 Å². The number of halogens is 1. The highest BCUT2D eigenvalue weighted by atomic mass is 19.1. The van der Waals surface area contributed by atoms with Crippen LogP contribution in [0.1, 0.15) is 52.8 Å². The third-order valence-corrected chi connectivity index (χ3v) is 4.48. The van der Waals surface area contributed by atoms with Crippen molar-refractivity contribution in [2.75, 3.05) is 11.9 Å². The Kier molecular flexibility index (Phi) is 6.30. The van der Waals surface area contributed by atoms with Crippen molar-refractivity contribution in [1.82, 2.24) is 10.3 Å². The smallest absolute Gasteiger partial charge is 0.257 e. The maximum Gasteiger partial charge on any atom is 0.257 e. The number of amides is 2. The van der Waals surface area contributed by atoms with Gasteiger partial charge in [-0.25, -0.2) is 4.39 Å². The number of aromatic nitrogens is 1. The normalized spacial score (nSPS) is 13.6. The first-order chi connectivity index (χ1) is 13.1. The molecule has 0 atom stereocenters. The van der Waals surface area contributed by atoms with Crippen molar-refractivity contribution < 1.29 is 14.0 Å². The van der Waals surface area contributed by atoms with Gasteiger partial charge >= 0.3 is 0 Å². The summed E-state index contributed by atoms with van der Waals surface area (Å²) in [6.45, 7) is 0.566. The number of pyridine rings is 1. The Morgan fingerprint density at radius 3 is 2.48 bits per heavy atom. The highest BCUT2D eigenvalue weighted by Gasteiger charge is 2.12. The second-order valence-electron chi connectivity index (χ2n) is 6.54. The summed E-state index contributed by atoms with van der Waals surface area (Å²) in [5.41, 5.74) is 2.46. The van der Waals surface area contributed by atoms with Crippen LogP contribution >= 0.6 is 0 Å². The van der Waals surface area contributed by atoms with E-state index in [1.165, 1.54) is 61.1 Å². The van der Waals surface area contributed by atoms with Crippen molar-refractivity contribution in [1.29, 1.82) is 0 Å². The van der Waals surface area contributed by atoms with Gasteiger partial charge < -0.3 is 10.6 Å². The number of rotatable bonds is 6. The molecule has 2 N–H and O–H groups in total. The molecule has 0 aliphatic heterocycles. The van der Waals surface area contributed by atoms with Gasteiger partial charge in [0.1, 0.15) is 5.82 Å². The van der Waals surface area contributed by atoms with Gasteiger partial charge in [-0.05, 0) is 62.4 Å². The Labute approximate surface area is 157 Å². The monoisotopic (exact) mass is 367 g/mol. The molecule has 2 amide bonds. The molecule has 0 unspecified atom stereocenters. The van der Waals surface area contributed by atoms with Gasteiger partial charge in [0.15, 0.2) is 0 Å². The Morgan fingerprint density at radius 1 is 1.04 bits per heavy atom. The third kappa shape index (κ3) is 5.48. The molecule has 1 aromatic carbocycles. The van der Waals surface area contributed by atoms with E-state index >= 15 is 0 Å². The zero-order valence-corrected chi connectivity index (χ0v) is 15.0. The summed E-state index contributed by atoms with van der Waals surface area (Å²) in [7, 11) is 0. The Morgan fingerprint density at radius 2 is 1.78 bits per heavy atom. The van der Waals surface area contributed by atoms with E-state index in [1.54, 1.807) is 0 Å². The predicted molar refractivity (Wildman–Crippen MR) is 102 cm³/mol. The van der Waals surface area contributed by atoms with E-state index < -0.39 is 5.91 Å². The molecule has 0 bridgehead atoms. The van der Waals surface area contributed by atoms with Crippen LogP contribution in [0.3, 0.4) is 0 Å². The van der Waals surface area contributed by atoms with Crippen molar-refractivity contribution in [3.05, 3.63) is 71.3 Å². The minimum atomic E-state index is -0.406. The zero-order chi connectivity index (χ0) is 19.1. The Bertz CT molecular complexity index is 847.